The zero-order valence-electron chi connectivity index (χ0n) is 12.2. The summed E-state index contributed by atoms with van der Waals surface area (Å²) in [7, 11) is 0. The van der Waals surface area contributed by atoms with Crippen molar-refractivity contribution in [2.24, 2.45) is 0 Å². The summed E-state index contributed by atoms with van der Waals surface area (Å²) in [6, 6.07) is 7.74. The lowest BCUT2D eigenvalue weighted by Gasteiger charge is -2.13. The first-order chi connectivity index (χ1) is 9.55. The number of aliphatic hydroxyl groups excluding tert-OH is 1. The molecule has 4 heteroatoms. The summed E-state index contributed by atoms with van der Waals surface area (Å²) in [4.78, 5) is 0. The van der Waals surface area contributed by atoms with Crippen molar-refractivity contribution in [2.75, 3.05) is 0 Å². The van der Waals surface area contributed by atoms with E-state index in [2.05, 4.69) is 25.0 Å². The molecule has 1 aromatic carbocycles. The van der Waals surface area contributed by atoms with E-state index in [-0.39, 0.29) is 0 Å². The van der Waals surface area contributed by atoms with Gasteiger partial charge in [-0.15, -0.1) is 0 Å². The van der Waals surface area contributed by atoms with Crippen molar-refractivity contribution >= 4 is 11.6 Å². The second-order valence-corrected chi connectivity index (χ2v) is 5.43. The molecular formula is C16H21ClN2O. The van der Waals surface area contributed by atoms with Crippen molar-refractivity contribution in [3.63, 3.8) is 0 Å². The first-order valence-corrected chi connectivity index (χ1v) is 7.42. The van der Waals surface area contributed by atoms with Crippen molar-refractivity contribution in [3.8, 4) is 0 Å². The van der Waals surface area contributed by atoms with Crippen LogP contribution >= 0.6 is 11.6 Å². The molecule has 20 heavy (non-hydrogen) atoms. The number of nitrogens with zero attached hydrogens (tertiary/aromatic N) is 2. The van der Waals surface area contributed by atoms with Crippen molar-refractivity contribution in [3.05, 3.63) is 51.8 Å². The Morgan fingerprint density at radius 3 is 2.65 bits per heavy atom. The predicted octanol–water partition coefficient (Wildman–Crippen LogP) is 3.70. The van der Waals surface area contributed by atoms with Gasteiger partial charge in [0.25, 0.3) is 0 Å². The van der Waals surface area contributed by atoms with Crippen LogP contribution in [0.15, 0.2) is 24.3 Å². The summed E-state index contributed by atoms with van der Waals surface area (Å²) in [5.41, 5.74) is 4.03. The van der Waals surface area contributed by atoms with Gasteiger partial charge in [-0.25, -0.2) is 0 Å². The van der Waals surface area contributed by atoms with Gasteiger partial charge in [0.1, 0.15) is 0 Å². The van der Waals surface area contributed by atoms with E-state index in [0.717, 1.165) is 40.5 Å². The highest BCUT2D eigenvalue weighted by Gasteiger charge is 2.14. The molecule has 1 aromatic heterocycles. The predicted molar refractivity (Wildman–Crippen MR) is 82.1 cm³/mol. The van der Waals surface area contributed by atoms with Gasteiger partial charge >= 0.3 is 0 Å². The Morgan fingerprint density at radius 1 is 1.30 bits per heavy atom. The van der Waals surface area contributed by atoms with Crippen LogP contribution in [-0.4, -0.2) is 14.9 Å². The maximum absolute atomic E-state index is 10.4. The van der Waals surface area contributed by atoms with Crippen molar-refractivity contribution < 1.29 is 5.11 Å². The minimum Gasteiger partial charge on any atom is -0.388 e. The summed E-state index contributed by atoms with van der Waals surface area (Å²) in [5, 5.41) is 15.6. The highest BCUT2D eigenvalue weighted by Crippen LogP contribution is 2.23. The highest BCUT2D eigenvalue weighted by molar-refractivity contribution is 6.31. The third-order valence-electron chi connectivity index (χ3n) is 3.54. The summed E-state index contributed by atoms with van der Waals surface area (Å²) >= 11 is 6.02. The summed E-state index contributed by atoms with van der Waals surface area (Å²) in [6.07, 6.45) is 0.954. The van der Waals surface area contributed by atoms with Gasteiger partial charge in [-0.2, -0.15) is 5.10 Å². The minimum absolute atomic E-state index is 0.530. The standard InChI is InChI=1S/C16H21ClN2O/c1-4-13-9-14(19(5-2)18-13)10-16(20)12-6-7-15(17)11(3)8-12/h6-9,16,20H,4-5,10H2,1-3H3. The first-order valence-electron chi connectivity index (χ1n) is 7.04. The summed E-state index contributed by atoms with van der Waals surface area (Å²) in [6.45, 7) is 6.92. The Bertz CT molecular complexity index is 592. The molecule has 0 saturated heterocycles. The average molecular weight is 293 g/mol. The Labute approximate surface area is 125 Å². The molecule has 0 bridgehead atoms. The molecule has 2 rings (SSSR count). The maximum Gasteiger partial charge on any atom is 0.0845 e. The largest absolute Gasteiger partial charge is 0.388 e. The van der Waals surface area contributed by atoms with E-state index in [9.17, 15) is 5.11 Å². The van der Waals surface area contributed by atoms with Gasteiger partial charge in [0.2, 0.25) is 0 Å². The van der Waals surface area contributed by atoms with E-state index in [4.69, 9.17) is 11.6 Å². The van der Waals surface area contributed by atoms with Crippen LogP contribution in [0, 0.1) is 6.92 Å². The second kappa shape index (κ2) is 6.42. The van der Waals surface area contributed by atoms with Crippen LogP contribution in [-0.2, 0) is 19.4 Å². The fourth-order valence-corrected chi connectivity index (χ4v) is 2.43. The number of aryl methyl sites for hydroxylation is 3. The third-order valence-corrected chi connectivity index (χ3v) is 3.97. The Hall–Kier alpha value is -1.32. The molecule has 0 aliphatic heterocycles. The van der Waals surface area contributed by atoms with Gasteiger partial charge in [0.05, 0.1) is 11.8 Å². The summed E-state index contributed by atoms with van der Waals surface area (Å²) < 4.78 is 1.96. The van der Waals surface area contributed by atoms with Crippen molar-refractivity contribution in [2.45, 2.75) is 46.3 Å². The number of benzene rings is 1. The molecule has 0 aliphatic rings. The Morgan fingerprint density at radius 2 is 2.05 bits per heavy atom. The van der Waals surface area contributed by atoms with Crippen LogP contribution in [0.5, 0.6) is 0 Å². The van der Waals surface area contributed by atoms with E-state index < -0.39 is 6.10 Å². The number of aromatic nitrogens is 2. The van der Waals surface area contributed by atoms with Crippen LogP contribution in [0.2, 0.25) is 5.02 Å². The van der Waals surface area contributed by atoms with E-state index in [0.29, 0.717) is 6.42 Å². The molecule has 108 valence electrons. The van der Waals surface area contributed by atoms with Gasteiger partial charge in [-0.3, -0.25) is 4.68 Å². The fraction of sp³-hybridized carbons (Fsp3) is 0.438. The number of rotatable bonds is 5. The fourth-order valence-electron chi connectivity index (χ4n) is 2.32. The minimum atomic E-state index is -0.530. The molecule has 1 unspecified atom stereocenters. The maximum atomic E-state index is 10.4. The Kier molecular flexibility index (Phi) is 4.84. The zero-order valence-corrected chi connectivity index (χ0v) is 13.0. The van der Waals surface area contributed by atoms with E-state index in [1.807, 2.05) is 29.8 Å². The smallest absolute Gasteiger partial charge is 0.0845 e. The molecule has 1 atom stereocenters. The van der Waals surface area contributed by atoms with Gasteiger partial charge in [-0.05, 0) is 43.5 Å². The lowest BCUT2D eigenvalue weighted by atomic mass is 10.0. The zero-order chi connectivity index (χ0) is 14.7. The van der Waals surface area contributed by atoms with E-state index >= 15 is 0 Å². The SMILES string of the molecule is CCc1cc(CC(O)c2ccc(Cl)c(C)c2)n(CC)n1. The highest BCUT2D eigenvalue weighted by atomic mass is 35.5. The Balaban J connectivity index is 2.20. The van der Waals surface area contributed by atoms with Gasteiger partial charge in [0, 0.05) is 23.7 Å². The summed E-state index contributed by atoms with van der Waals surface area (Å²) in [5.74, 6) is 0. The average Bonchev–Trinajstić information content (AvgIpc) is 2.84. The molecule has 0 aliphatic carbocycles. The number of halogens is 1. The van der Waals surface area contributed by atoms with Gasteiger partial charge < -0.3 is 5.11 Å². The number of hydrogen-bond donors (Lipinski definition) is 1. The van der Waals surface area contributed by atoms with Crippen LogP contribution in [0.25, 0.3) is 0 Å². The van der Waals surface area contributed by atoms with Crippen LogP contribution in [0.4, 0.5) is 0 Å². The lowest BCUT2D eigenvalue weighted by Crippen LogP contribution is -2.08. The van der Waals surface area contributed by atoms with Crippen LogP contribution < -0.4 is 0 Å². The monoisotopic (exact) mass is 292 g/mol. The van der Waals surface area contributed by atoms with Crippen molar-refractivity contribution in [1.82, 2.24) is 9.78 Å². The number of hydrogen-bond acceptors (Lipinski definition) is 2. The van der Waals surface area contributed by atoms with E-state index in [1.165, 1.54) is 0 Å². The number of aliphatic hydroxyl groups is 1. The molecule has 0 radical (unpaired) electrons. The molecule has 0 fully saturated rings. The van der Waals surface area contributed by atoms with Crippen molar-refractivity contribution in [1.29, 1.82) is 0 Å². The first kappa shape index (κ1) is 15.1. The molecule has 0 spiro atoms. The molecule has 2 aromatic rings. The van der Waals surface area contributed by atoms with E-state index in [1.54, 1.807) is 0 Å². The molecular weight excluding hydrogens is 272 g/mol. The molecule has 3 nitrogen and oxygen atoms in total. The van der Waals surface area contributed by atoms with Gasteiger partial charge in [-0.1, -0.05) is 30.7 Å². The van der Waals surface area contributed by atoms with Crippen LogP contribution in [0.1, 0.15) is 42.5 Å². The second-order valence-electron chi connectivity index (χ2n) is 5.02. The third kappa shape index (κ3) is 3.22. The quantitative estimate of drug-likeness (QED) is 0.912. The molecule has 0 saturated carbocycles. The van der Waals surface area contributed by atoms with Crippen LogP contribution in [0.3, 0.4) is 0 Å². The lowest BCUT2D eigenvalue weighted by molar-refractivity contribution is 0.175. The normalized spacial score (nSPS) is 12.7. The molecule has 0 amide bonds. The topological polar surface area (TPSA) is 38.0 Å². The molecule has 1 N–H and O–H groups in total. The van der Waals surface area contributed by atoms with Gasteiger partial charge in [0.15, 0.2) is 0 Å². The molecule has 1 heterocycles.